The Hall–Kier alpha value is -2.10. The van der Waals surface area contributed by atoms with Gasteiger partial charge in [-0.25, -0.2) is 0 Å². The standard InChI is InChI=1S/C10H8N4/c11-10-7-5-12-8-4-2-1-3-6(8)9(7)13-14-10/h1-5H,(H3,11,13,14). The summed E-state index contributed by atoms with van der Waals surface area (Å²) < 4.78 is 0. The fraction of sp³-hybridized carbons (Fsp3) is 0. The summed E-state index contributed by atoms with van der Waals surface area (Å²) in [5, 5.41) is 8.80. The van der Waals surface area contributed by atoms with Gasteiger partial charge in [-0.1, -0.05) is 18.2 Å². The molecule has 0 amide bonds. The first-order chi connectivity index (χ1) is 6.86. The van der Waals surface area contributed by atoms with Gasteiger partial charge in [-0.3, -0.25) is 10.1 Å². The van der Waals surface area contributed by atoms with E-state index in [9.17, 15) is 0 Å². The second kappa shape index (κ2) is 2.45. The van der Waals surface area contributed by atoms with Gasteiger partial charge in [0.15, 0.2) is 5.82 Å². The molecule has 0 bridgehead atoms. The summed E-state index contributed by atoms with van der Waals surface area (Å²) in [6.45, 7) is 0. The normalized spacial score (nSPS) is 11.1. The van der Waals surface area contributed by atoms with Gasteiger partial charge in [0.2, 0.25) is 0 Å². The van der Waals surface area contributed by atoms with Gasteiger partial charge in [-0.05, 0) is 6.07 Å². The molecule has 0 spiro atoms. The highest BCUT2D eigenvalue weighted by Gasteiger charge is 2.05. The van der Waals surface area contributed by atoms with Crippen LogP contribution >= 0.6 is 0 Å². The zero-order chi connectivity index (χ0) is 9.54. The van der Waals surface area contributed by atoms with E-state index in [0.717, 1.165) is 21.8 Å². The lowest BCUT2D eigenvalue weighted by Crippen LogP contribution is -1.84. The second-order valence-electron chi connectivity index (χ2n) is 3.17. The number of rotatable bonds is 0. The summed E-state index contributed by atoms with van der Waals surface area (Å²) in [6.07, 6.45) is 1.75. The molecule has 0 aliphatic rings. The lowest BCUT2D eigenvalue weighted by molar-refractivity contribution is 1.13. The zero-order valence-corrected chi connectivity index (χ0v) is 7.36. The van der Waals surface area contributed by atoms with Crippen molar-refractivity contribution in [2.24, 2.45) is 0 Å². The number of H-pyrrole nitrogens is 1. The molecule has 0 radical (unpaired) electrons. The maximum absolute atomic E-state index is 5.68. The molecule has 2 aromatic heterocycles. The number of hydrogen-bond acceptors (Lipinski definition) is 3. The molecule has 0 unspecified atom stereocenters. The molecular formula is C10H8N4. The van der Waals surface area contributed by atoms with Crippen LogP contribution < -0.4 is 5.73 Å². The third-order valence-electron chi connectivity index (χ3n) is 2.34. The Labute approximate surface area is 79.8 Å². The van der Waals surface area contributed by atoms with E-state index in [2.05, 4.69) is 15.2 Å². The summed E-state index contributed by atoms with van der Waals surface area (Å²) in [5.74, 6) is 0.498. The van der Waals surface area contributed by atoms with Crippen molar-refractivity contribution in [1.29, 1.82) is 0 Å². The highest BCUT2D eigenvalue weighted by molar-refractivity contribution is 6.06. The molecule has 14 heavy (non-hydrogen) atoms. The Kier molecular flexibility index (Phi) is 1.28. The van der Waals surface area contributed by atoms with Gasteiger partial charge in [0, 0.05) is 11.6 Å². The smallest absolute Gasteiger partial charge is 0.154 e. The first kappa shape index (κ1) is 7.32. The maximum atomic E-state index is 5.68. The number of pyridine rings is 1. The van der Waals surface area contributed by atoms with Crippen molar-refractivity contribution in [2.45, 2.75) is 0 Å². The number of nitrogens with two attached hydrogens (primary N) is 1. The summed E-state index contributed by atoms with van der Waals surface area (Å²) in [7, 11) is 0. The first-order valence-electron chi connectivity index (χ1n) is 4.33. The first-order valence-corrected chi connectivity index (χ1v) is 4.33. The number of para-hydroxylation sites is 1. The molecular weight excluding hydrogens is 176 g/mol. The van der Waals surface area contributed by atoms with Crippen LogP contribution in [0, 0.1) is 0 Å². The molecule has 68 valence electrons. The molecule has 4 heteroatoms. The fourth-order valence-corrected chi connectivity index (χ4v) is 1.63. The third-order valence-corrected chi connectivity index (χ3v) is 2.34. The Morgan fingerprint density at radius 3 is 2.93 bits per heavy atom. The minimum absolute atomic E-state index is 0.498. The van der Waals surface area contributed by atoms with Crippen LogP contribution in [0.5, 0.6) is 0 Å². The van der Waals surface area contributed by atoms with Crippen LogP contribution in [0.2, 0.25) is 0 Å². The van der Waals surface area contributed by atoms with Crippen molar-refractivity contribution < 1.29 is 0 Å². The average Bonchev–Trinajstić information content (AvgIpc) is 2.61. The number of nitrogens with one attached hydrogen (secondary N) is 1. The van der Waals surface area contributed by atoms with E-state index in [1.54, 1.807) is 6.20 Å². The minimum atomic E-state index is 0.498. The SMILES string of the molecule is Nc1n[nH]c2c1cnc1ccccc12. The number of aromatic amines is 1. The monoisotopic (exact) mass is 184 g/mol. The molecule has 2 heterocycles. The summed E-state index contributed by atoms with van der Waals surface area (Å²) in [6, 6.07) is 7.90. The molecule has 1 aromatic carbocycles. The molecule has 0 saturated heterocycles. The number of anilines is 1. The van der Waals surface area contributed by atoms with Crippen molar-refractivity contribution in [1.82, 2.24) is 15.2 Å². The number of aromatic nitrogens is 3. The minimum Gasteiger partial charge on any atom is -0.382 e. The largest absolute Gasteiger partial charge is 0.382 e. The highest BCUT2D eigenvalue weighted by Crippen LogP contribution is 2.24. The lowest BCUT2D eigenvalue weighted by atomic mass is 10.2. The van der Waals surface area contributed by atoms with Crippen LogP contribution in [-0.4, -0.2) is 15.2 Å². The Bertz CT molecular complexity index is 612. The van der Waals surface area contributed by atoms with Crippen molar-refractivity contribution in [3.63, 3.8) is 0 Å². The van der Waals surface area contributed by atoms with Crippen molar-refractivity contribution in [2.75, 3.05) is 5.73 Å². The summed E-state index contributed by atoms with van der Waals surface area (Å²) in [5.41, 5.74) is 7.58. The van der Waals surface area contributed by atoms with E-state index in [4.69, 9.17) is 5.73 Å². The van der Waals surface area contributed by atoms with E-state index in [-0.39, 0.29) is 0 Å². The van der Waals surface area contributed by atoms with E-state index in [1.807, 2.05) is 24.3 Å². The molecule has 4 nitrogen and oxygen atoms in total. The van der Waals surface area contributed by atoms with Gasteiger partial charge < -0.3 is 5.73 Å². The van der Waals surface area contributed by atoms with Gasteiger partial charge in [0.25, 0.3) is 0 Å². The molecule has 0 aliphatic carbocycles. The van der Waals surface area contributed by atoms with Crippen LogP contribution in [0.25, 0.3) is 21.8 Å². The summed E-state index contributed by atoms with van der Waals surface area (Å²) in [4.78, 5) is 4.30. The van der Waals surface area contributed by atoms with Crippen LogP contribution in [-0.2, 0) is 0 Å². The number of hydrogen-bond donors (Lipinski definition) is 2. The molecule has 3 aromatic rings. The van der Waals surface area contributed by atoms with Crippen LogP contribution in [0.3, 0.4) is 0 Å². The predicted molar refractivity (Wildman–Crippen MR) is 55.8 cm³/mol. The fourth-order valence-electron chi connectivity index (χ4n) is 1.63. The molecule has 3 N–H and O–H groups in total. The summed E-state index contributed by atoms with van der Waals surface area (Å²) >= 11 is 0. The number of nitrogens with zero attached hydrogens (tertiary/aromatic N) is 2. The van der Waals surface area contributed by atoms with Gasteiger partial charge in [0.05, 0.1) is 16.4 Å². The molecule has 0 saturated carbocycles. The van der Waals surface area contributed by atoms with Crippen molar-refractivity contribution in [3.05, 3.63) is 30.5 Å². The van der Waals surface area contributed by atoms with Gasteiger partial charge >= 0.3 is 0 Å². The molecule has 3 rings (SSSR count). The quantitative estimate of drug-likeness (QED) is 0.558. The predicted octanol–water partition coefficient (Wildman–Crippen LogP) is 1.69. The second-order valence-corrected chi connectivity index (χ2v) is 3.17. The Morgan fingerprint density at radius 2 is 2.00 bits per heavy atom. The Morgan fingerprint density at radius 1 is 1.14 bits per heavy atom. The molecule has 0 fully saturated rings. The highest BCUT2D eigenvalue weighted by atomic mass is 15.2. The van der Waals surface area contributed by atoms with Crippen LogP contribution in [0.1, 0.15) is 0 Å². The topological polar surface area (TPSA) is 67.6 Å². The van der Waals surface area contributed by atoms with E-state index in [0.29, 0.717) is 5.82 Å². The molecule has 0 atom stereocenters. The third kappa shape index (κ3) is 0.821. The zero-order valence-electron chi connectivity index (χ0n) is 7.36. The number of fused-ring (bicyclic) bond motifs is 3. The van der Waals surface area contributed by atoms with Crippen LogP contribution in [0.4, 0.5) is 5.82 Å². The average molecular weight is 184 g/mol. The van der Waals surface area contributed by atoms with Gasteiger partial charge in [-0.15, -0.1) is 0 Å². The number of nitrogen functional groups attached to an aromatic ring is 1. The van der Waals surface area contributed by atoms with Gasteiger partial charge in [-0.2, -0.15) is 5.10 Å². The van der Waals surface area contributed by atoms with Gasteiger partial charge in [0.1, 0.15) is 0 Å². The maximum Gasteiger partial charge on any atom is 0.154 e. The van der Waals surface area contributed by atoms with Crippen molar-refractivity contribution in [3.8, 4) is 0 Å². The number of benzene rings is 1. The molecule has 0 aliphatic heterocycles. The lowest BCUT2D eigenvalue weighted by Gasteiger charge is -1.96. The van der Waals surface area contributed by atoms with Crippen LogP contribution in [0.15, 0.2) is 30.5 Å². The Balaban J connectivity index is 2.61. The van der Waals surface area contributed by atoms with E-state index < -0.39 is 0 Å². The van der Waals surface area contributed by atoms with E-state index in [1.165, 1.54) is 0 Å². The van der Waals surface area contributed by atoms with E-state index >= 15 is 0 Å². The van der Waals surface area contributed by atoms with Crippen molar-refractivity contribution >= 4 is 27.6 Å².